The van der Waals surface area contributed by atoms with E-state index in [1.165, 1.54) is 40.6 Å². The van der Waals surface area contributed by atoms with Crippen LogP contribution in [0.1, 0.15) is 71.6 Å². The fraction of sp³-hybridized carbons (Fsp3) is 0.941. The number of carboxylic acid groups (broad SMARTS) is 1. The topological polar surface area (TPSA) is 65.0 Å². The van der Waals surface area contributed by atoms with Crippen molar-refractivity contribution < 1.29 is 24.1 Å². The van der Waals surface area contributed by atoms with Crippen LogP contribution in [-0.4, -0.2) is 38.4 Å². The third-order valence-corrected chi connectivity index (χ3v) is 4.44. The van der Waals surface area contributed by atoms with E-state index in [9.17, 15) is 9.90 Å². The quantitative estimate of drug-likeness (QED) is 0.384. The molecule has 1 atom stereocenters. The maximum absolute atomic E-state index is 12.1. The summed E-state index contributed by atoms with van der Waals surface area (Å²) < 4.78 is 16.2. The van der Waals surface area contributed by atoms with Gasteiger partial charge in [-0.05, 0) is 12.8 Å². The van der Waals surface area contributed by atoms with Gasteiger partial charge in [0, 0.05) is 21.3 Å². The summed E-state index contributed by atoms with van der Waals surface area (Å²) in [6, 6.07) is 0. The van der Waals surface area contributed by atoms with Gasteiger partial charge in [0.05, 0.1) is 0 Å². The molecule has 1 unspecified atom stereocenters. The second kappa shape index (κ2) is 11.0. The van der Waals surface area contributed by atoms with Crippen molar-refractivity contribution in [2.24, 2.45) is 5.41 Å². The number of ether oxygens (including phenoxy) is 3. The zero-order chi connectivity index (χ0) is 17.1. The third-order valence-electron chi connectivity index (χ3n) is 4.44. The average Bonchev–Trinajstić information content (AvgIpc) is 2.52. The molecule has 1 N–H and O–H groups in total. The molecule has 5 heteroatoms. The number of rotatable bonds is 14. The number of aliphatic carboxylic acids is 1. The first-order chi connectivity index (χ1) is 10.5. The van der Waals surface area contributed by atoms with Gasteiger partial charge in [-0.25, -0.2) is 0 Å². The highest BCUT2D eigenvalue weighted by Gasteiger charge is 2.58. The molecule has 0 fully saturated rings. The van der Waals surface area contributed by atoms with E-state index in [4.69, 9.17) is 14.2 Å². The molecule has 5 nitrogen and oxygen atoms in total. The summed E-state index contributed by atoms with van der Waals surface area (Å²) in [6.45, 7) is 4.14. The maximum Gasteiger partial charge on any atom is 0.317 e. The largest absolute Gasteiger partial charge is 0.481 e. The summed E-state index contributed by atoms with van der Waals surface area (Å²) in [4.78, 5) is 12.1. The summed E-state index contributed by atoms with van der Waals surface area (Å²) in [5.41, 5.74) is -1.19. The predicted octanol–water partition coefficient (Wildman–Crippen LogP) is 4.20. The summed E-state index contributed by atoms with van der Waals surface area (Å²) in [7, 11) is 4.30. The number of unbranched alkanes of at least 4 members (excludes halogenated alkanes) is 5. The van der Waals surface area contributed by atoms with E-state index in [1.54, 1.807) is 0 Å². The lowest BCUT2D eigenvalue weighted by Crippen LogP contribution is -2.57. The highest BCUT2D eigenvalue weighted by atomic mass is 16.9. The Morgan fingerprint density at radius 3 is 1.73 bits per heavy atom. The van der Waals surface area contributed by atoms with Gasteiger partial charge in [0.2, 0.25) is 0 Å². The molecule has 132 valence electrons. The van der Waals surface area contributed by atoms with Crippen LogP contribution in [0.15, 0.2) is 0 Å². The van der Waals surface area contributed by atoms with Crippen molar-refractivity contribution >= 4 is 5.97 Å². The fourth-order valence-electron chi connectivity index (χ4n) is 3.25. The van der Waals surface area contributed by atoms with Crippen molar-refractivity contribution in [3.8, 4) is 0 Å². The molecule has 0 aromatic rings. The molecule has 0 heterocycles. The van der Waals surface area contributed by atoms with Crippen LogP contribution >= 0.6 is 0 Å². The van der Waals surface area contributed by atoms with E-state index < -0.39 is 17.4 Å². The van der Waals surface area contributed by atoms with Crippen LogP contribution in [0.3, 0.4) is 0 Å². The van der Waals surface area contributed by atoms with Crippen molar-refractivity contribution in [2.75, 3.05) is 21.3 Å². The molecule has 0 aliphatic carbocycles. The van der Waals surface area contributed by atoms with E-state index >= 15 is 0 Å². The molecule has 0 aromatic heterocycles. The highest BCUT2D eigenvalue weighted by molar-refractivity contribution is 5.75. The molecule has 0 spiro atoms. The van der Waals surface area contributed by atoms with E-state index in [0.717, 1.165) is 25.7 Å². The Bertz CT molecular complexity index is 293. The molecule has 0 aliphatic rings. The van der Waals surface area contributed by atoms with Crippen molar-refractivity contribution in [3.05, 3.63) is 0 Å². The monoisotopic (exact) mass is 318 g/mol. The average molecular weight is 318 g/mol. The summed E-state index contributed by atoms with van der Waals surface area (Å²) in [5.74, 6) is -2.47. The minimum Gasteiger partial charge on any atom is -0.481 e. The van der Waals surface area contributed by atoms with Crippen molar-refractivity contribution in [3.63, 3.8) is 0 Å². The second-order valence-corrected chi connectivity index (χ2v) is 5.82. The van der Waals surface area contributed by atoms with Crippen LogP contribution in [0.25, 0.3) is 0 Å². The SMILES string of the molecule is CCCCCCCCC(CCC)(C(=O)O)C(OC)(OC)OC. The van der Waals surface area contributed by atoms with Gasteiger partial charge < -0.3 is 19.3 Å². The molecule has 22 heavy (non-hydrogen) atoms. The number of carbonyl (C=O) groups is 1. The normalized spacial score (nSPS) is 14.8. The van der Waals surface area contributed by atoms with Gasteiger partial charge in [-0.2, -0.15) is 0 Å². The Morgan fingerprint density at radius 1 is 0.818 bits per heavy atom. The molecule has 0 bridgehead atoms. The lowest BCUT2D eigenvalue weighted by Gasteiger charge is -2.44. The van der Waals surface area contributed by atoms with Gasteiger partial charge in [-0.15, -0.1) is 0 Å². The zero-order valence-corrected chi connectivity index (χ0v) is 14.9. The van der Waals surface area contributed by atoms with Gasteiger partial charge >= 0.3 is 5.97 Å². The molecule has 0 saturated carbocycles. The molecule has 0 amide bonds. The van der Waals surface area contributed by atoms with Crippen LogP contribution in [0.4, 0.5) is 0 Å². The van der Waals surface area contributed by atoms with Crippen LogP contribution in [-0.2, 0) is 19.0 Å². The van der Waals surface area contributed by atoms with Crippen LogP contribution in [0.2, 0.25) is 0 Å². The summed E-state index contributed by atoms with van der Waals surface area (Å²) in [6.07, 6.45) is 8.28. The first kappa shape index (κ1) is 21.4. The molecular weight excluding hydrogens is 284 g/mol. The van der Waals surface area contributed by atoms with Crippen LogP contribution in [0, 0.1) is 5.41 Å². The van der Waals surface area contributed by atoms with Crippen molar-refractivity contribution in [1.29, 1.82) is 0 Å². The Labute approximate surface area is 135 Å². The molecular formula is C17H34O5. The van der Waals surface area contributed by atoms with Crippen molar-refractivity contribution in [1.82, 2.24) is 0 Å². The van der Waals surface area contributed by atoms with E-state index in [-0.39, 0.29) is 0 Å². The van der Waals surface area contributed by atoms with Gasteiger partial charge in [-0.3, -0.25) is 4.79 Å². The Hall–Kier alpha value is -0.650. The van der Waals surface area contributed by atoms with Gasteiger partial charge in [-0.1, -0.05) is 58.8 Å². The summed E-state index contributed by atoms with van der Waals surface area (Å²) in [5, 5.41) is 9.88. The second-order valence-electron chi connectivity index (χ2n) is 5.82. The summed E-state index contributed by atoms with van der Waals surface area (Å²) >= 11 is 0. The molecule has 0 radical (unpaired) electrons. The fourth-order valence-corrected chi connectivity index (χ4v) is 3.25. The first-order valence-electron chi connectivity index (χ1n) is 8.39. The van der Waals surface area contributed by atoms with E-state index in [2.05, 4.69) is 6.92 Å². The Morgan fingerprint density at radius 2 is 1.32 bits per heavy atom. The first-order valence-corrected chi connectivity index (χ1v) is 8.39. The zero-order valence-electron chi connectivity index (χ0n) is 14.9. The predicted molar refractivity (Wildman–Crippen MR) is 86.7 cm³/mol. The standard InChI is InChI=1S/C17H34O5/c1-6-8-9-10-11-12-14-16(13-7-2,15(18)19)17(20-3,21-4)22-5/h6-14H2,1-5H3,(H,18,19). The number of methoxy groups -OCH3 is 3. The minimum absolute atomic E-state index is 0.451. The minimum atomic E-state index is -1.54. The Kier molecular flexibility index (Phi) is 10.6. The third kappa shape index (κ3) is 4.93. The van der Waals surface area contributed by atoms with Crippen molar-refractivity contribution in [2.45, 2.75) is 77.6 Å². The number of carboxylic acids is 1. The van der Waals surface area contributed by atoms with E-state index in [1.807, 2.05) is 6.92 Å². The Balaban J connectivity index is 5.04. The number of hydrogen-bond donors (Lipinski definition) is 1. The van der Waals surface area contributed by atoms with Gasteiger partial charge in [0.25, 0.3) is 5.97 Å². The molecule has 0 saturated heterocycles. The lowest BCUT2D eigenvalue weighted by atomic mass is 9.75. The van der Waals surface area contributed by atoms with Crippen LogP contribution < -0.4 is 0 Å². The van der Waals surface area contributed by atoms with Crippen LogP contribution in [0.5, 0.6) is 0 Å². The van der Waals surface area contributed by atoms with E-state index in [0.29, 0.717) is 12.8 Å². The van der Waals surface area contributed by atoms with Gasteiger partial charge in [0.1, 0.15) is 5.41 Å². The molecule has 0 aromatic carbocycles. The number of hydrogen-bond acceptors (Lipinski definition) is 4. The highest BCUT2D eigenvalue weighted by Crippen LogP contribution is 2.44. The maximum atomic E-state index is 12.1. The van der Waals surface area contributed by atoms with Gasteiger partial charge in [0.15, 0.2) is 0 Å². The molecule has 0 aliphatic heterocycles. The molecule has 0 rings (SSSR count). The smallest absolute Gasteiger partial charge is 0.317 e. The lowest BCUT2D eigenvalue weighted by molar-refractivity contribution is -0.402.